The normalized spacial score (nSPS) is 15.1. The quantitative estimate of drug-likeness (QED) is 0.169. The monoisotopic (exact) mass is 522 g/mol. The van der Waals surface area contributed by atoms with Crippen molar-refractivity contribution in [2.24, 2.45) is 17.6 Å². The molecule has 0 saturated heterocycles. The second kappa shape index (κ2) is 14.8. The van der Waals surface area contributed by atoms with E-state index < -0.39 is 59.7 Å². The lowest BCUT2D eigenvalue weighted by atomic mass is 9.95. The maximum atomic E-state index is 13.3. The van der Waals surface area contributed by atoms with Crippen LogP contribution in [0.2, 0.25) is 0 Å². The number of aliphatic carboxylic acids is 2. The Balaban J connectivity index is 3.16. The van der Waals surface area contributed by atoms with E-state index in [4.69, 9.17) is 10.8 Å². The summed E-state index contributed by atoms with van der Waals surface area (Å²) >= 11 is 0. The highest BCUT2D eigenvalue weighted by molar-refractivity contribution is 5.94. The van der Waals surface area contributed by atoms with E-state index in [1.54, 1.807) is 32.9 Å². The minimum Gasteiger partial charge on any atom is -0.508 e. The van der Waals surface area contributed by atoms with Crippen LogP contribution in [0, 0.1) is 11.8 Å². The van der Waals surface area contributed by atoms with Gasteiger partial charge < -0.3 is 37.0 Å². The summed E-state index contributed by atoms with van der Waals surface area (Å²) in [5.74, 6) is -5.19. The van der Waals surface area contributed by atoms with Gasteiger partial charge in [0, 0.05) is 12.8 Å². The fourth-order valence-electron chi connectivity index (χ4n) is 3.48. The number of amides is 3. The molecule has 0 fully saturated rings. The first-order valence-corrected chi connectivity index (χ1v) is 12.2. The Kier molecular flexibility index (Phi) is 12.5. The van der Waals surface area contributed by atoms with E-state index in [2.05, 4.69) is 16.0 Å². The summed E-state index contributed by atoms with van der Waals surface area (Å²) in [5.41, 5.74) is 6.39. The molecule has 0 saturated carbocycles. The SMILES string of the molecule is CCC(C)C(NC(=O)C(Cc1ccc(O)cc1)NC(=O)C(N)CCC(=O)O)C(=O)NC(C(=O)O)C(C)C. The molecule has 1 aromatic carbocycles. The summed E-state index contributed by atoms with van der Waals surface area (Å²) in [6, 6.07) is 1.34. The van der Waals surface area contributed by atoms with Crippen LogP contribution in [0.25, 0.3) is 0 Å². The number of carboxylic acids is 2. The highest BCUT2D eigenvalue weighted by Gasteiger charge is 2.33. The number of nitrogens with one attached hydrogen (secondary N) is 3. The molecule has 0 aliphatic heterocycles. The van der Waals surface area contributed by atoms with Crippen LogP contribution in [0.15, 0.2) is 24.3 Å². The zero-order valence-electron chi connectivity index (χ0n) is 21.6. The van der Waals surface area contributed by atoms with Crippen LogP contribution >= 0.6 is 0 Å². The minimum atomic E-state index is -1.20. The molecule has 37 heavy (non-hydrogen) atoms. The smallest absolute Gasteiger partial charge is 0.326 e. The van der Waals surface area contributed by atoms with Crippen molar-refractivity contribution in [3.05, 3.63) is 29.8 Å². The molecular weight excluding hydrogens is 484 g/mol. The first kappa shape index (κ1) is 31.4. The highest BCUT2D eigenvalue weighted by Crippen LogP contribution is 2.14. The fourth-order valence-corrected chi connectivity index (χ4v) is 3.48. The third-order valence-electron chi connectivity index (χ3n) is 6.04. The van der Waals surface area contributed by atoms with Crippen molar-refractivity contribution in [2.75, 3.05) is 0 Å². The molecule has 0 aliphatic carbocycles. The summed E-state index contributed by atoms with van der Waals surface area (Å²) in [4.78, 5) is 61.3. The standard InChI is InChI=1S/C25H38N4O8/c1-5-14(4)21(24(35)28-20(13(2)3)25(36)37)29-23(34)18(12-15-6-8-16(30)9-7-15)27-22(33)17(26)10-11-19(31)32/h6-9,13-14,17-18,20-21,30H,5,10-12,26H2,1-4H3,(H,27,33)(H,28,35)(H,29,34)(H,31,32)(H,36,37). The van der Waals surface area contributed by atoms with E-state index in [0.717, 1.165) is 0 Å². The van der Waals surface area contributed by atoms with Crippen molar-refractivity contribution in [3.63, 3.8) is 0 Å². The number of hydrogen-bond acceptors (Lipinski definition) is 7. The Bertz CT molecular complexity index is 951. The number of carbonyl (C=O) groups excluding carboxylic acids is 3. The number of nitrogens with two attached hydrogens (primary N) is 1. The zero-order valence-corrected chi connectivity index (χ0v) is 21.6. The van der Waals surface area contributed by atoms with Gasteiger partial charge in [-0.3, -0.25) is 19.2 Å². The van der Waals surface area contributed by atoms with Crippen molar-refractivity contribution in [3.8, 4) is 5.75 Å². The van der Waals surface area contributed by atoms with Crippen molar-refractivity contribution in [1.29, 1.82) is 0 Å². The average molecular weight is 523 g/mol. The van der Waals surface area contributed by atoms with E-state index in [1.807, 2.05) is 6.92 Å². The Morgan fingerprint density at radius 2 is 1.43 bits per heavy atom. The molecule has 3 amide bonds. The topological polar surface area (TPSA) is 208 Å². The van der Waals surface area contributed by atoms with E-state index in [0.29, 0.717) is 12.0 Å². The van der Waals surface area contributed by atoms with E-state index in [9.17, 15) is 34.2 Å². The lowest BCUT2D eigenvalue weighted by Crippen LogP contribution is -2.59. The number of carboxylic acid groups (broad SMARTS) is 2. The first-order chi connectivity index (χ1) is 17.3. The second-order valence-electron chi connectivity index (χ2n) is 9.41. The van der Waals surface area contributed by atoms with Crippen LogP contribution in [0.5, 0.6) is 5.75 Å². The summed E-state index contributed by atoms with van der Waals surface area (Å²) < 4.78 is 0. The van der Waals surface area contributed by atoms with E-state index in [1.165, 1.54) is 12.1 Å². The second-order valence-corrected chi connectivity index (χ2v) is 9.41. The summed E-state index contributed by atoms with van der Waals surface area (Å²) in [6.45, 7) is 6.83. The van der Waals surface area contributed by atoms with Gasteiger partial charge in [0.05, 0.1) is 6.04 Å². The maximum absolute atomic E-state index is 13.3. The van der Waals surface area contributed by atoms with Crippen LogP contribution in [0.4, 0.5) is 0 Å². The molecule has 0 aromatic heterocycles. The molecule has 206 valence electrons. The fraction of sp³-hybridized carbons (Fsp3) is 0.560. The molecule has 0 bridgehead atoms. The van der Waals surface area contributed by atoms with Gasteiger partial charge in [-0.15, -0.1) is 0 Å². The van der Waals surface area contributed by atoms with Gasteiger partial charge in [0.2, 0.25) is 17.7 Å². The number of rotatable bonds is 15. The van der Waals surface area contributed by atoms with E-state index >= 15 is 0 Å². The van der Waals surface area contributed by atoms with Crippen molar-refractivity contribution in [2.45, 2.75) is 77.5 Å². The summed E-state index contributed by atoms with van der Waals surface area (Å²) in [5, 5.41) is 35.5. The molecule has 1 rings (SSSR count). The molecule has 8 N–H and O–H groups in total. The van der Waals surface area contributed by atoms with Gasteiger partial charge in [0.15, 0.2) is 0 Å². The number of phenolic OH excluding ortho intramolecular Hbond substituents is 1. The van der Waals surface area contributed by atoms with Crippen molar-refractivity contribution >= 4 is 29.7 Å². The van der Waals surface area contributed by atoms with Crippen LogP contribution < -0.4 is 21.7 Å². The molecular formula is C25H38N4O8. The van der Waals surface area contributed by atoms with Gasteiger partial charge in [0.1, 0.15) is 23.9 Å². The number of carbonyl (C=O) groups is 5. The van der Waals surface area contributed by atoms with Gasteiger partial charge in [-0.25, -0.2) is 4.79 Å². The molecule has 12 nitrogen and oxygen atoms in total. The molecule has 5 atom stereocenters. The molecule has 5 unspecified atom stereocenters. The Morgan fingerprint density at radius 3 is 1.92 bits per heavy atom. The molecule has 0 heterocycles. The van der Waals surface area contributed by atoms with Gasteiger partial charge >= 0.3 is 11.9 Å². The third-order valence-corrected chi connectivity index (χ3v) is 6.04. The predicted octanol–water partition coefficient (Wildman–Crippen LogP) is 0.368. The molecule has 0 aliphatic rings. The van der Waals surface area contributed by atoms with Crippen LogP contribution in [-0.4, -0.2) is 69.1 Å². The molecule has 12 heteroatoms. The van der Waals surface area contributed by atoms with Gasteiger partial charge in [-0.1, -0.05) is 46.2 Å². The predicted molar refractivity (Wildman–Crippen MR) is 134 cm³/mol. The van der Waals surface area contributed by atoms with Crippen LogP contribution in [0.1, 0.15) is 52.5 Å². The summed E-state index contributed by atoms with van der Waals surface area (Å²) in [7, 11) is 0. The minimum absolute atomic E-state index is 0.0103. The van der Waals surface area contributed by atoms with Crippen LogP contribution in [0.3, 0.4) is 0 Å². The van der Waals surface area contributed by atoms with Crippen LogP contribution in [-0.2, 0) is 30.4 Å². The van der Waals surface area contributed by atoms with Crippen molar-refractivity contribution < 1.29 is 39.3 Å². The zero-order chi connectivity index (χ0) is 28.3. The Labute approximate surface area is 216 Å². The van der Waals surface area contributed by atoms with E-state index in [-0.39, 0.29) is 30.9 Å². The molecule has 0 radical (unpaired) electrons. The Morgan fingerprint density at radius 1 is 0.865 bits per heavy atom. The highest BCUT2D eigenvalue weighted by atomic mass is 16.4. The lowest BCUT2D eigenvalue weighted by molar-refractivity contribution is -0.144. The first-order valence-electron chi connectivity index (χ1n) is 12.2. The molecule has 0 spiro atoms. The Hall–Kier alpha value is -3.67. The largest absolute Gasteiger partial charge is 0.508 e. The lowest BCUT2D eigenvalue weighted by Gasteiger charge is -2.29. The average Bonchev–Trinajstić information content (AvgIpc) is 2.83. The number of benzene rings is 1. The number of phenols is 1. The third kappa shape index (κ3) is 10.5. The summed E-state index contributed by atoms with van der Waals surface area (Å²) in [6.07, 6.45) is 0.00753. The van der Waals surface area contributed by atoms with Gasteiger partial charge in [-0.2, -0.15) is 0 Å². The van der Waals surface area contributed by atoms with Gasteiger partial charge in [0.25, 0.3) is 0 Å². The molecule has 1 aromatic rings. The number of aromatic hydroxyl groups is 1. The van der Waals surface area contributed by atoms with Crippen molar-refractivity contribution in [1.82, 2.24) is 16.0 Å². The maximum Gasteiger partial charge on any atom is 0.326 e. The number of hydrogen-bond donors (Lipinski definition) is 7. The van der Waals surface area contributed by atoms with Gasteiger partial charge in [-0.05, 0) is 36.0 Å².